The molecule has 0 aliphatic rings. The molecule has 0 aliphatic heterocycles. The normalized spacial score (nSPS) is 10.7. The number of ketones is 1. The lowest BCUT2D eigenvalue weighted by atomic mass is 10.0. The van der Waals surface area contributed by atoms with Crippen LogP contribution < -0.4 is 4.74 Å². The van der Waals surface area contributed by atoms with E-state index < -0.39 is 0 Å². The Morgan fingerprint density at radius 2 is 1.91 bits per heavy atom. The molecule has 0 aliphatic carbocycles. The Kier molecular flexibility index (Phi) is 4.07. The predicted octanol–water partition coefficient (Wildman–Crippen LogP) is 5.38. The molecule has 0 N–H and O–H groups in total. The summed E-state index contributed by atoms with van der Waals surface area (Å²) in [6.45, 7) is 0. The summed E-state index contributed by atoms with van der Waals surface area (Å²) in [7, 11) is 1.54. The molecule has 0 radical (unpaired) electrons. The molecule has 5 nitrogen and oxygen atoms in total. The van der Waals surface area contributed by atoms with E-state index in [1.807, 2.05) is 0 Å². The van der Waals surface area contributed by atoms with Crippen LogP contribution in [0.2, 0.25) is 10.0 Å². The molecule has 116 valence electrons. The lowest BCUT2D eigenvalue weighted by molar-refractivity contribution is 0.103. The van der Waals surface area contributed by atoms with Gasteiger partial charge >= 0.3 is 0 Å². The van der Waals surface area contributed by atoms with Gasteiger partial charge in [-0.2, -0.15) is 0 Å². The van der Waals surface area contributed by atoms with Crippen molar-refractivity contribution < 1.29 is 13.9 Å². The van der Waals surface area contributed by atoms with Gasteiger partial charge in [0.2, 0.25) is 0 Å². The number of halogens is 2. The fourth-order valence-electron chi connectivity index (χ4n) is 2.26. The van der Waals surface area contributed by atoms with Gasteiger partial charge in [0.05, 0.1) is 28.1 Å². The molecule has 0 atom stereocenters. The Balaban J connectivity index is 2.17. The van der Waals surface area contributed by atoms with E-state index in [9.17, 15) is 9.70 Å². The summed E-state index contributed by atoms with van der Waals surface area (Å²) in [5, 5.41) is 3.29. The number of furan rings is 1. The van der Waals surface area contributed by atoms with Crippen molar-refractivity contribution in [2.24, 2.45) is 5.18 Å². The predicted molar refractivity (Wildman–Crippen MR) is 88.1 cm³/mol. The fourth-order valence-corrected chi connectivity index (χ4v) is 2.78. The first-order valence-corrected chi connectivity index (χ1v) is 7.23. The summed E-state index contributed by atoms with van der Waals surface area (Å²) in [5.41, 5.74) is 0.822. The Bertz CT molecular complexity index is 916. The second-order valence-corrected chi connectivity index (χ2v) is 5.48. The number of hydrogen-bond donors (Lipinski definition) is 0. The van der Waals surface area contributed by atoms with Crippen LogP contribution in [0, 0.1) is 4.91 Å². The van der Waals surface area contributed by atoms with Gasteiger partial charge in [-0.25, -0.2) is 0 Å². The standard InChI is InChI=1S/C16H9Cl2NO4/c1-22-9-4-2-8(3-5-9)15(20)10-7-23-16-11(17)6-12(19-21)14(18)13(10)16/h2-7H,1H3. The molecule has 23 heavy (non-hydrogen) atoms. The number of carbonyl (C=O) groups excluding carboxylic acids is 1. The van der Waals surface area contributed by atoms with Crippen LogP contribution in [0.5, 0.6) is 5.75 Å². The van der Waals surface area contributed by atoms with Crippen molar-refractivity contribution in [1.29, 1.82) is 0 Å². The third-order valence-electron chi connectivity index (χ3n) is 3.41. The molecule has 3 aromatic rings. The molecule has 0 saturated carbocycles. The number of hydrogen-bond acceptors (Lipinski definition) is 5. The second kappa shape index (κ2) is 6.02. The third kappa shape index (κ3) is 2.58. The van der Waals surface area contributed by atoms with Crippen molar-refractivity contribution in [2.45, 2.75) is 0 Å². The van der Waals surface area contributed by atoms with Crippen molar-refractivity contribution >= 4 is 45.6 Å². The topological polar surface area (TPSA) is 68.9 Å². The van der Waals surface area contributed by atoms with E-state index in [4.69, 9.17) is 32.4 Å². The van der Waals surface area contributed by atoms with Gasteiger partial charge < -0.3 is 9.15 Å². The molecule has 0 unspecified atom stereocenters. The molecule has 0 spiro atoms. The number of benzene rings is 2. The van der Waals surface area contributed by atoms with Crippen LogP contribution in [0.4, 0.5) is 5.69 Å². The minimum atomic E-state index is -0.313. The highest BCUT2D eigenvalue weighted by atomic mass is 35.5. The lowest BCUT2D eigenvalue weighted by Gasteiger charge is -2.04. The molecular weight excluding hydrogens is 341 g/mol. The monoisotopic (exact) mass is 349 g/mol. The van der Waals surface area contributed by atoms with E-state index in [0.717, 1.165) is 0 Å². The summed E-state index contributed by atoms with van der Waals surface area (Å²) in [6.07, 6.45) is 1.27. The summed E-state index contributed by atoms with van der Waals surface area (Å²) in [6, 6.07) is 7.88. The van der Waals surface area contributed by atoms with Gasteiger partial charge in [0.1, 0.15) is 17.7 Å². The first-order valence-electron chi connectivity index (χ1n) is 6.48. The summed E-state index contributed by atoms with van der Waals surface area (Å²) in [5.74, 6) is 0.319. The zero-order chi connectivity index (χ0) is 16.6. The van der Waals surface area contributed by atoms with Crippen molar-refractivity contribution in [3.8, 4) is 5.75 Å². The molecule has 0 fully saturated rings. The van der Waals surface area contributed by atoms with Crippen molar-refractivity contribution in [3.63, 3.8) is 0 Å². The quantitative estimate of drug-likeness (QED) is 0.468. The number of ether oxygens (including phenoxy) is 1. The molecule has 3 rings (SSSR count). The zero-order valence-electron chi connectivity index (χ0n) is 11.8. The number of carbonyl (C=O) groups is 1. The van der Waals surface area contributed by atoms with E-state index in [0.29, 0.717) is 11.3 Å². The van der Waals surface area contributed by atoms with Crippen LogP contribution in [-0.4, -0.2) is 12.9 Å². The molecule has 1 heterocycles. The zero-order valence-corrected chi connectivity index (χ0v) is 13.3. The number of rotatable bonds is 4. The van der Waals surface area contributed by atoms with Crippen LogP contribution in [0.1, 0.15) is 15.9 Å². The van der Waals surface area contributed by atoms with E-state index in [1.165, 1.54) is 19.4 Å². The minimum Gasteiger partial charge on any atom is -0.497 e. The van der Waals surface area contributed by atoms with Gasteiger partial charge in [-0.05, 0) is 35.5 Å². The van der Waals surface area contributed by atoms with Gasteiger partial charge in [0, 0.05) is 5.56 Å². The maximum Gasteiger partial charge on any atom is 0.196 e. The highest BCUT2D eigenvalue weighted by molar-refractivity contribution is 6.43. The maximum atomic E-state index is 12.7. The minimum absolute atomic E-state index is 0.0324. The molecule has 0 amide bonds. The van der Waals surface area contributed by atoms with Gasteiger partial charge in [-0.3, -0.25) is 4.79 Å². The molecule has 7 heteroatoms. The second-order valence-electron chi connectivity index (χ2n) is 4.69. The molecular formula is C16H9Cl2NO4. The van der Waals surface area contributed by atoms with Crippen LogP contribution in [0.25, 0.3) is 11.0 Å². The molecule has 0 bridgehead atoms. The fraction of sp³-hybridized carbons (Fsp3) is 0.0625. The largest absolute Gasteiger partial charge is 0.497 e. The van der Waals surface area contributed by atoms with Gasteiger partial charge in [0.15, 0.2) is 11.4 Å². The van der Waals surface area contributed by atoms with Crippen LogP contribution in [0.3, 0.4) is 0 Å². The Hall–Kier alpha value is -2.37. The van der Waals surface area contributed by atoms with Crippen LogP contribution >= 0.6 is 23.2 Å². The van der Waals surface area contributed by atoms with Crippen molar-refractivity contribution in [2.75, 3.05) is 7.11 Å². The number of methoxy groups -OCH3 is 1. The smallest absolute Gasteiger partial charge is 0.196 e. The summed E-state index contributed by atoms with van der Waals surface area (Å²) in [4.78, 5) is 23.5. The number of fused-ring (bicyclic) bond motifs is 1. The van der Waals surface area contributed by atoms with Gasteiger partial charge in [-0.15, -0.1) is 4.91 Å². The Morgan fingerprint density at radius 1 is 1.22 bits per heavy atom. The van der Waals surface area contributed by atoms with Gasteiger partial charge in [-0.1, -0.05) is 23.2 Å². The van der Waals surface area contributed by atoms with E-state index >= 15 is 0 Å². The molecule has 2 aromatic carbocycles. The van der Waals surface area contributed by atoms with Crippen LogP contribution in [-0.2, 0) is 0 Å². The SMILES string of the molecule is COc1ccc(C(=O)c2coc3c(Cl)cc(N=O)c(Cl)c23)cc1. The van der Waals surface area contributed by atoms with E-state index in [-0.39, 0.29) is 38.0 Å². The average molecular weight is 350 g/mol. The first kappa shape index (κ1) is 15.5. The lowest BCUT2D eigenvalue weighted by Crippen LogP contribution is -2.00. The maximum absolute atomic E-state index is 12.7. The van der Waals surface area contributed by atoms with Crippen molar-refractivity contribution in [1.82, 2.24) is 0 Å². The highest BCUT2D eigenvalue weighted by Crippen LogP contribution is 2.41. The summed E-state index contributed by atoms with van der Waals surface area (Å²) >= 11 is 12.2. The molecule has 0 saturated heterocycles. The Morgan fingerprint density at radius 3 is 2.52 bits per heavy atom. The first-order chi connectivity index (χ1) is 11.1. The van der Waals surface area contributed by atoms with E-state index in [1.54, 1.807) is 24.3 Å². The molecule has 1 aromatic heterocycles. The highest BCUT2D eigenvalue weighted by Gasteiger charge is 2.22. The van der Waals surface area contributed by atoms with E-state index in [2.05, 4.69) is 5.18 Å². The van der Waals surface area contributed by atoms with Crippen molar-refractivity contribution in [3.05, 3.63) is 62.7 Å². The third-order valence-corrected chi connectivity index (χ3v) is 4.07. The number of nitroso groups, excluding NO2 is 1. The van der Waals surface area contributed by atoms with Crippen LogP contribution in [0.15, 0.2) is 46.2 Å². The summed E-state index contributed by atoms with van der Waals surface area (Å²) < 4.78 is 10.4. The Labute approximate surface area is 140 Å². The average Bonchev–Trinajstić information content (AvgIpc) is 3.03. The number of nitrogens with zero attached hydrogens (tertiary/aromatic N) is 1. The van der Waals surface area contributed by atoms with Gasteiger partial charge in [0.25, 0.3) is 0 Å².